The number of carbonyl (C=O) groups excluding carboxylic acids is 1. The van der Waals surface area contributed by atoms with E-state index in [4.69, 9.17) is 10.5 Å². The van der Waals surface area contributed by atoms with Gasteiger partial charge in [0.15, 0.2) is 0 Å². The minimum Gasteiger partial charge on any atom is -0.477 e. The number of halogens is 1. The molecule has 3 aromatic rings. The van der Waals surface area contributed by atoms with Crippen LogP contribution in [0.1, 0.15) is 50.2 Å². The Morgan fingerprint density at radius 2 is 1.51 bits per heavy atom. The lowest BCUT2D eigenvalue weighted by Gasteiger charge is -2.38. The molecular weight excluding hydrogens is 608 g/mol. The third-order valence-electron chi connectivity index (χ3n) is 7.54. The van der Waals surface area contributed by atoms with Gasteiger partial charge in [-0.25, -0.2) is 4.79 Å². The Bertz CT molecular complexity index is 1460. The second-order valence-corrected chi connectivity index (χ2v) is 13.7. The van der Waals surface area contributed by atoms with E-state index < -0.39 is 32.0 Å². The number of carboxylic acid groups (broad SMARTS) is 1. The molecule has 1 unspecified atom stereocenters. The summed E-state index contributed by atoms with van der Waals surface area (Å²) in [7, 11) is -4.59. The number of nitrogens with zero attached hydrogens (tertiary/aromatic N) is 1. The van der Waals surface area contributed by atoms with E-state index in [1.54, 1.807) is 26.0 Å². The van der Waals surface area contributed by atoms with Crippen LogP contribution in [0.15, 0.2) is 82.2 Å². The molecule has 0 fully saturated rings. The van der Waals surface area contributed by atoms with E-state index in [9.17, 15) is 23.1 Å². The zero-order chi connectivity index (χ0) is 29.8. The molecule has 0 aromatic heterocycles. The van der Waals surface area contributed by atoms with Crippen LogP contribution in [0.2, 0.25) is 0 Å². The zero-order valence-corrected chi connectivity index (χ0v) is 25.6. The highest BCUT2D eigenvalue weighted by Gasteiger charge is 2.60. The summed E-state index contributed by atoms with van der Waals surface area (Å²) < 4.78 is 34.2. The monoisotopic (exact) mass is 643 g/mol. The van der Waals surface area contributed by atoms with E-state index >= 15 is 0 Å². The van der Waals surface area contributed by atoms with Crippen molar-refractivity contribution >= 4 is 38.0 Å². The maximum Gasteiger partial charge on any atom is 0.532 e. The standard InChI is InChI=1S/C31H35BrN2O6S/c1-21(2)19-34(29(30(35)36)13-7-8-18-33,41(38,39)23-16-14-22(32)15-17-23)31(37)40-20-28-26-11-5-3-9-24(26)25-10-4-6-12-27(25)28/h3-6,9-12,14-17,21,28-29H,7-8,13,18-20,33H2,1-2H3/p+1/t29-,34?/m0/s1. The van der Waals surface area contributed by atoms with Gasteiger partial charge in [0.2, 0.25) is 6.04 Å². The number of carboxylic acids is 1. The van der Waals surface area contributed by atoms with Crippen molar-refractivity contribution in [3.05, 3.63) is 88.4 Å². The molecular formula is C31H36BrN2O6S+. The van der Waals surface area contributed by atoms with Gasteiger partial charge >= 0.3 is 22.1 Å². The van der Waals surface area contributed by atoms with Crippen molar-refractivity contribution in [3.8, 4) is 11.1 Å². The van der Waals surface area contributed by atoms with Crippen molar-refractivity contribution < 1.29 is 31.7 Å². The first kappa shape index (κ1) is 30.9. The average molecular weight is 645 g/mol. The lowest BCUT2D eigenvalue weighted by molar-refractivity contribution is -0.755. The van der Waals surface area contributed by atoms with Crippen molar-refractivity contribution in [3.63, 3.8) is 0 Å². The molecule has 41 heavy (non-hydrogen) atoms. The van der Waals surface area contributed by atoms with Gasteiger partial charge in [-0.3, -0.25) is 0 Å². The number of sulfonamides is 1. The molecule has 1 aliphatic rings. The molecule has 0 aliphatic heterocycles. The summed E-state index contributed by atoms with van der Waals surface area (Å²) in [6.07, 6.45) is -0.310. The van der Waals surface area contributed by atoms with Crippen molar-refractivity contribution in [2.24, 2.45) is 11.7 Å². The number of benzene rings is 3. The number of hydrogen-bond donors (Lipinski definition) is 2. The van der Waals surface area contributed by atoms with Crippen LogP contribution in [-0.4, -0.2) is 55.2 Å². The number of amides is 1. The number of hydrogen-bond acceptors (Lipinski definition) is 6. The fourth-order valence-corrected chi connectivity index (χ4v) is 8.12. The second kappa shape index (κ2) is 12.9. The summed E-state index contributed by atoms with van der Waals surface area (Å²) in [6, 6.07) is 19.9. The maximum atomic E-state index is 14.5. The molecule has 1 amide bonds. The van der Waals surface area contributed by atoms with Gasteiger partial charge in [0.25, 0.3) is 0 Å². The highest BCUT2D eigenvalue weighted by molar-refractivity contribution is 9.10. The van der Waals surface area contributed by atoms with Gasteiger partial charge in [0.05, 0.1) is 0 Å². The smallest absolute Gasteiger partial charge is 0.477 e. The summed E-state index contributed by atoms with van der Waals surface area (Å²) in [5.41, 5.74) is 9.65. The predicted molar refractivity (Wildman–Crippen MR) is 161 cm³/mol. The molecule has 0 saturated heterocycles. The molecule has 3 aromatic carbocycles. The molecule has 2 atom stereocenters. The van der Waals surface area contributed by atoms with E-state index in [2.05, 4.69) is 15.9 Å². The van der Waals surface area contributed by atoms with Gasteiger partial charge < -0.3 is 15.6 Å². The number of nitrogens with two attached hydrogens (primary N) is 1. The zero-order valence-electron chi connectivity index (χ0n) is 23.2. The van der Waals surface area contributed by atoms with Crippen LogP contribution >= 0.6 is 15.9 Å². The van der Waals surface area contributed by atoms with Gasteiger partial charge in [-0.05, 0) is 65.9 Å². The minimum absolute atomic E-state index is 0.0563. The van der Waals surface area contributed by atoms with Crippen LogP contribution in [0.3, 0.4) is 0 Å². The van der Waals surface area contributed by atoms with Crippen LogP contribution in [-0.2, 0) is 19.6 Å². The largest absolute Gasteiger partial charge is 0.532 e. The molecule has 3 N–H and O–H groups in total. The Morgan fingerprint density at radius 3 is 2.02 bits per heavy atom. The number of unbranched alkanes of at least 4 members (excludes halogenated alkanes) is 1. The molecule has 0 heterocycles. The first-order chi connectivity index (χ1) is 19.5. The molecule has 8 nitrogen and oxygen atoms in total. The van der Waals surface area contributed by atoms with Crippen LogP contribution < -0.4 is 5.73 Å². The fraction of sp³-hybridized carbons (Fsp3) is 0.355. The van der Waals surface area contributed by atoms with Crippen molar-refractivity contribution in [1.29, 1.82) is 0 Å². The number of fused-ring (bicyclic) bond motifs is 3. The lowest BCUT2D eigenvalue weighted by atomic mass is 9.98. The van der Waals surface area contributed by atoms with E-state index in [-0.39, 0.29) is 36.3 Å². The van der Waals surface area contributed by atoms with Gasteiger partial charge in [0.1, 0.15) is 18.0 Å². The van der Waals surface area contributed by atoms with Crippen LogP contribution in [0.5, 0.6) is 0 Å². The Morgan fingerprint density at radius 1 is 0.951 bits per heavy atom. The molecule has 218 valence electrons. The van der Waals surface area contributed by atoms with E-state index in [0.717, 1.165) is 22.3 Å². The third kappa shape index (κ3) is 5.97. The maximum absolute atomic E-state index is 14.5. The van der Waals surface area contributed by atoms with Crippen molar-refractivity contribution in [2.45, 2.75) is 50.0 Å². The van der Waals surface area contributed by atoms with Gasteiger partial charge in [-0.2, -0.15) is 13.2 Å². The third-order valence-corrected chi connectivity index (χ3v) is 10.3. The molecule has 0 bridgehead atoms. The number of rotatable bonds is 12. The van der Waals surface area contributed by atoms with E-state index in [1.165, 1.54) is 12.1 Å². The van der Waals surface area contributed by atoms with E-state index in [1.807, 2.05) is 48.5 Å². The molecule has 0 radical (unpaired) electrons. The van der Waals surface area contributed by atoms with Gasteiger partial charge in [-0.1, -0.05) is 78.3 Å². The molecule has 10 heteroatoms. The van der Waals surface area contributed by atoms with E-state index in [0.29, 0.717) is 23.9 Å². The summed E-state index contributed by atoms with van der Waals surface area (Å²) in [5.74, 6) is -2.04. The van der Waals surface area contributed by atoms with Gasteiger partial charge in [0, 0.05) is 22.7 Å². The van der Waals surface area contributed by atoms with Crippen LogP contribution in [0, 0.1) is 5.92 Å². The highest BCUT2D eigenvalue weighted by Crippen LogP contribution is 2.45. The predicted octanol–water partition coefficient (Wildman–Crippen LogP) is 6.14. The average Bonchev–Trinajstić information content (AvgIpc) is 3.26. The Balaban J connectivity index is 1.81. The SMILES string of the molecule is CC(C)C[N+](C(=O)OCC1c2ccccc2-c2ccccc21)([C@@H](CCCCN)C(=O)O)S(=O)(=O)c1ccc(Br)cc1. The number of quaternary nitrogens is 1. The van der Waals surface area contributed by atoms with Crippen LogP contribution in [0.25, 0.3) is 11.1 Å². The molecule has 4 rings (SSSR count). The summed E-state index contributed by atoms with van der Waals surface area (Å²) in [5, 5.41) is 10.4. The topological polar surface area (TPSA) is 124 Å². The fourth-order valence-electron chi connectivity index (χ4n) is 5.73. The van der Waals surface area contributed by atoms with Gasteiger partial charge in [-0.15, -0.1) is 3.89 Å². The minimum atomic E-state index is -4.59. The summed E-state index contributed by atoms with van der Waals surface area (Å²) in [6.45, 7) is 3.45. The molecule has 0 saturated carbocycles. The van der Waals surface area contributed by atoms with Crippen LogP contribution in [0.4, 0.5) is 4.79 Å². The first-order valence-electron chi connectivity index (χ1n) is 13.7. The molecule has 1 aliphatic carbocycles. The second-order valence-electron chi connectivity index (χ2n) is 10.7. The number of ether oxygens (including phenoxy) is 1. The van der Waals surface area contributed by atoms with Crippen molar-refractivity contribution in [2.75, 3.05) is 19.7 Å². The Kier molecular flexibility index (Phi) is 9.69. The van der Waals surface area contributed by atoms with Crippen molar-refractivity contribution in [1.82, 2.24) is 0 Å². The number of aliphatic carboxylic acids is 1. The Hall–Kier alpha value is -3.05. The lowest BCUT2D eigenvalue weighted by Crippen LogP contribution is -2.66. The normalized spacial score (nSPS) is 15.1. The molecule has 0 spiro atoms. The first-order valence-corrected chi connectivity index (χ1v) is 15.9. The summed E-state index contributed by atoms with van der Waals surface area (Å²) >= 11 is 3.32. The highest BCUT2D eigenvalue weighted by atomic mass is 79.9. The quantitative estimate of drug-likeness (QED) is 0.179. The Labute approximate surface area is 249 Å². The number of carbonyl (C=O) groups is 2. The summed E-state index contributed by atoms with van der Waals surface area (Å²) in [4.78, 5) is 27.0.